The van der Waals surface area contributed by atoms with Gasteiger partial charge in [-0.25, -0.2) is 4.52 Å². The van der Waals surface area contributed by atoms with E-state index in [1.807, 2.05) is 23.2 Å². The highest BCUT2D eigenvalue weighted by molar-refractivity contribution is 5.70. The van der Waals surface area contributed by atoms with E-state index in [4.69, 9.17) is 4.98 Å². The Labute approximate surface area is 193 Å². The molecule has 1 saturated heterocycles. The van der Waals surface area contributed by atoms with Crippen LogP contribution in [0, 0.1) is 12.8 Å². The molecule has 1 aliphatic heterocycles. The molecular formula is C25H32F3N5. The first-order chi connectivity index (χ1) is 15.9. The van der Waals surface area contributed by atoms with Gasteiger partial charge in [-0.3, -0.25) is 0 Å². The molecule has 2 fully saturated rings. The standard InChI is InChI=1S/C25H30F3N5.H2/c1-17-4-2-5-19(16-17)18-7-9-21(10-8-18)29-24-30-23-22(6-3-13-33(23)31-24)32-14-11-20(12-15-32)25(26,27)28;/h2-6,13,16,18,20-21H,7-12,14-15H2,1H3,(H,29,31);1H. The summed E-state index contributed by atoms with van der Waals surface area (Å²) in [6, 6.07) is 12.9. The normalized spacial score (nSPS) is 22.6. The Morgan fingerprint density at radius 3 is 2.45 bits per heavy atom. The van der Waals surface area contributed by atoms with Crippen molar-refractivity contribution in [2.24, 2.45) is 5.92 Å². The Hall–Kier alpha value is -2.77. The number of piperidine rings is 1. The first kappa shape index (κ1) is 22.0. The van der Waals surface area contributed by atoms with E-state index in [1.54, 1.807) is 4.52 Å². The molecule has 3 aromatic rings. The molecule has 2 aliphatic rings. The van der Waals surface area contributed by atoms with Crippen LogP contribution in [0.4, 0.5) is 24.8 Å². The van der Waals surface area contributed by atoms with Crippen molar-refractivity contribution in [3.63, 3.8) is 0 Å². The number of alkyl halides is 3. The Balaban J connectivity index is 0.00000274. The number of nitrogens with zero attached hydrogens (tertiary/aromatic N) is 4. The van der Waals surface area contributed by atoms with E-state index in [-0.39, 0.29) is 14.3 Å². The third-order valence-electron chi connectivity index (χ3n) is 7.21. The number of hydrogen-bond donors (Lipinski definition) is 1. The fraction of sp³-hybridized carbons (Fsp3) is 0.520. The average Bonchev–Trinajstić information content (AvgIpc) is 3.21. The average molecular weight is 460 g/mol. The molecule has 0 unspecified atom stereocenters. The maximum Gasteiger partial charge on any atom is 0.391 e. The van der Waals surface area contributed by atoms with Crippen LogP contribution in [-0.4, -0.2) is 39.9 Å². The lowest BCUT2D eigenvalue weighted by Crippen LogP contribution is -2.39. The van der Waals surface area contributed by atoms with Crippen molar-refractivity contribution in [3.8, 4) is 0 Å². The minimum atomic E-state index is -4.11. The molecule has 5 rings (SSSR count). The second-order valence-corrected chi connectivity index (χ2v) is 9.51. The molecule has 3 heterocycles. The molecule has 1 aliphatic carbocycles. The van der Waals surface area contributed by atoms with Crippen molar-refractivity contribution in [1.82, 2.24) is 14.6 Å². The highest BCUT2D eigenvalue weighted by Gasteiger charge is 2.41. The van der Waals surface area contributed by atoms with Crippen LogP contribution in [-0.2, 0) is 0 Å². The molecule has 1 N–H and O–H groups in total. The van der Waals surface area contributed by atoms with Crippen molar-refractivity contribution in [2.75, 3.05) is 23.3 Å². The quantitative estimate of drug-likeness (QED) is 0.505. The summed E-state index contributed by atoms with van der Waals surface area (Å²) < 4.78 is 40.8. The van der Waals surface area contributed by atoms with Gasteiger partial charge in [0, 0.05) is 26.8 Å². The van der Waals surface area contributed by atoms with Crippen molar-refractivity contribution >= 4 is 17.3 Å². The van der Waals surface area contributed by atoms with Gasteiger partial charge >= 0.3 is 6.18 Å². The SMILES string of the molecule is Cc1cccc(C2CCC(Nc3nc4c(N5CCC(C(F)(F)F)CC5)cccn4n3)CC2)c1.[HH]. The van der Waals surface area contributed by atoms with E-state index in [1.165, 1.54) is 11.1 Å². The molecule has 0 spiro atoms. The molecule has 2 aromatic heterocycles. The van der Waals surface area contributed by atoms with E-state index in [9.17, 15) is 13.2 Å². The molecular weight excluding hydrogens is 427 g/mol. The molecule has 1 aromatic carbocycles. The van der Waals surface area contributed by atoms with Gasteiger partial charge in [0.15, 0.2) is 5.65 Å². The van der Waals surface area contributed by atoms with Crippen LogP contribution < -0.4 is 10.2 Å². The van der Waals surface area contributed by atoms with Crippen LogP contribution in [0.2, 0.25) is 0 Å². The van der Waals surface area contributed by atoms with Gasteiger partial charge in [-0.05, 0) is 69.1 Å². The van der Waals surface area contributed by atoms with E-state index in [2.05, 4.69) is 41.6 Å². The van der Waals surface area contributed by atoms with Gasteiger partial charge < -0.3 is 10.2 Å². The summed E-state index contributed by atoms with van der Waals surface area (Å²) in [4.78, 5) is 6.72. The third kappa shape index (κ3) is 4.80. The fourth-order valence-electron chi connectivity index (χ4n) is 5.33. The predicted molar refractivity (Wildman–Crippen MR) is 126 cm³/mol. The van der Waals surface area contributed by atoms with Gasteiger partial charge in [-0.2, -0.15) is 18.2 Å². The Morgan fingerprint density at radius 1 is 1.00 bits per heavy atom. The summed E-state index contributed by atoms with van der Waals surface area (Å²) in [7, 11) is 0. The zero-order chi connectivity index (χ0) is 23.0. The van der Waals surface area contributed by atoms with Gasteiger partial charge in [0.05, 0.1) is 11.6 Å². The predicted octanol–water partition coefficient (Wildman–Crippen LogP) is 6.20. The van der Waals surface area contributed by atoms with Crippen molar-refractivity contribution < 1.29 is 14.6 Å². The van der Waals surface area contributed by atoms with Crippen molar-refractivity contribution in [2.45, 2.75) is 63.6 Å². The second-order valence-electron chi connectivity index (χ2n) is 9.51. The number of aryl methyl sites for hydroxylation is 1. The van der Waals surface area contributed by atoms with E-state index in [0.29, 0.717) is 36.6 Å². The van der Waals surface area contributed by atoms with Crippen molar-refractivity contribution in [3.05, 3.63) is 53.7 Å². The number of hydrogen-bond acceptors (Lipinski definition) is 4. The van der Waals surface area contributed by atoms with Crippen LogP contribution in [0.5, 0.6) is 0 Å². The van der Waals surface area contributed by atoms with Crippen LogP contribution >= 0.6 is 0 Å². The molecule has 0 bridgehead atoms. The number of fused-ring (bicyclic) bond motifs is 1. The zero-order valence-corrected chi connectivity index (χ0v) is 18.9. The van der Waals surface area contributed by atoms with Gasteiger partial charge in [0.25, 0.3) is 0 Å². The lowest BCUT2D eigenvalue weighted by Gasteiger charge is -2.34. The molecule has 8 heteroatoms. The monoisotopic (exact) mass is 459 g/mol. The molecule has 0 radical (unpaired) electrons. The van der Waals surface area contributed by atoms with Gasteiger partial charge in [0.1, 0.15) is 0 Å². The number of halogens is 3. The van der Waals surface area contributed by atoms with Gasteiger partial charge in [-0.15, -0.1) is 5.10 Å². The van der Waals surface area contributed by atoms with Gasteiger partial charge in [-0.1, -0.05) is 29.8 Å². The summed E-state index contributed by atoms with van der Waals surface area (Å²) in [6.45, 7) is 2.89. The van der Waals surface area contributed by atoms with E-state index >= 15 is 0 Å². The largest absolute Gasteiger partial charge is 0.391 e. The third-order valence-corrected chi connectivity index (χ3v) is 7.21. The summed E-state index contributed by atoms with van der Waals surface area (Å²) in [5.41, 5.74) is 4.28. The highest BCUT2D eigenvalue weighted by atomic mass is 19.4. The second kappa shape index (κ2) is 8.88. The lowest BCUT2D eigenvalue weighted by molar-refractivity contribution is -0.179. The maximum absolute atomic E-state index is 13.0. The molecule has 178 valence electrons. The first-order valence-corrected chi connectivity index (χ1v) is 11.9. The smallest absolute Gasteiger partial charge is 0.368 e. The summed E-state index contributed by atoms with van der Waals surface area (Å²) in [6.07, 6.45) is 2.36. The van der Waals surface area contributed by atoms with E-state index < -0.39 is 12.1 Å². The summed E-state index contributed by atoms with van der Waals surface area (Å²) >= 11 is 0. The fourth-order valence-corrected chi connectivity index (χ4v) is 5.33. The summed E-state index contributed by atoms with van der Waals surface area (Å²) in [5.74, 6) is -0.0200. The van der Waals surface area contributed by atoms with E-state index in [0.717, 1.165) is 31.4 Å². The number of rotatable bonds is 4. The first-order valence-electron chi connectivity index (χ1n) is 11.9. The molecule has 33 heavy (non-hydrogen) atoms. The number of benzene rings is 1. The van der Waals surface area contributed by atoms with Crippen LogP contribution in [0.1, 0.15) is 57.0 Å². The molecule has 0 atom stereocenters. The molecule has 1 saturated carbocycles. The number of nitrogens with one attached hydrogen (secondary N) is 1. The maximum atomic E-state index is 13.0. The Morgan fingerprint density at radius 2 is 1.76 bits per heavy atom. The number of aromatic nitrogens is 3. The molecule has 5 nitrogen and oxygen atoms in total. The Kier molecular flexibility index (Phi) is 5.93. The zero-order valence-electron chi connectivity index (χ0n) is 18.9. The lowest BCUT2D eigenvalue weighted by atomic mass is 9.81. The van der Waals surface area contributed by atoms with Crippen molar-refractivity contribution in [1.29, 1.82) is 0 Å². The minimum absolute atomic E-state index is 0. The minimum Gasteiger partial charge on any atom is -0.368 e. The number of anilines is 2. The van der Waals surface area contributed by atoms with Crippen LogP contribution in [0.3, 0.4) is 0 Å². The molecule has 0 amide bonds. The summed E-state index contributed by atoms with van der Waals surface area (Å²) in [5, 5.41) is 8.09. The number of pyridine rings is 1. The highest BCUT2D eigenvalue weighted by Crippen LogP contribution is 2.37. The van der Waals surface area contributed by atoms with Gasteiger partial charge in [0.2, 0.25) is 5.95 Å². The Bertz CT molecular complexity index is 1100. The topological polar surface area (TPSA) is 45.5 Å². The van der Waals surface area contributed by atoms with Crippen LogP contribution in [0.15, 0.2) is 42.6 Å². The van der Waals surface area contributed by atoms with Crippen LogP contribution in [0.25, 0.3) is 5.65 Å².